The van der Waals surface area contributed by atoms with Crippen molar-refractivity contribution in [3.63, 3.8) is 0 Å². The summed E-state index contributed by atoms with van der Waals surface area (Å²) < 4.78 is 0. The van der Waals surface area contributed by atoms with Gasteiger partial charge in [0.25, 0.3) is 0 Å². The fraction of sp³-hybridized carbons (Fsp3) is 0.182. The fourth-order valence-electron chi connectivity index (χ4n) is 3.82. The van der Waals surface area contributed by atoms with E-state index in [1.54, 1.807) is 0 Å². The van der Waals surface area contributed by atoms with Crippen LogP contribution >= 0.6 is 0 Å². The largest absolute Gasteiger partial charge is 0.295 e. The van der Waals surface area contributed by atoms with Crippen LogP contribution in [-0.4, -0.2) is 11.6 Å². The van der Waals surface area contributed by atoms with E-state index in [1.165, 1.54) is 0 Å². The van der Waals surface area contributed by atoms with E-state index in [9.17, 15) is 9.59 Å². The quantitative estimate of drug-likeness (QED) is 0.773. The lowest BCUT2D eigenvalue weighted by molar-refractivity contribution is -0.115. The maximum atomic E-state index is 12.5. The van der Waals surface area contributed by atoms with Gasteiger partial charge in [-0.3, -0.25) is 9.59 Å². The molecule has 2 nitrogen and oxygen atoms in total. The summed E-state index contributed by atoms with van der Waals surface area (Å²) in [6.07, 6.45) is 4.83. The van der Waals surface area contributed by atoms with Gasteiger partial charge in [-0.1, -0.05) is 60.7 Å². The van der Waals surface area contributed by atoms with Crippen LogP contribution in [0.5, 0.6) is 0 Å². The first-order valence-electron chi connectivity index (χ1n) is 8.32. The molecule has 2 aromatic carbocycles. The van der Waals surface area contributed by atoms with Gasteiger partial charge >= 0.3 is 0 Å². The molecule has 4 rings (SSSR count). The lowest BCUT2D eigenvalue weighted by Gasteiger charge is -2.09. The van der Waals surface area contributed by atoms with Crippen molar-refractivity contribution in [1.29, 1.82) is 0 Å². The molecule has 0 aromatic heterocycles. The molecule has 0 spiro atoms. The smallest absolute Gasteiger partial charge is 0.159 e. The summed E-state index contributed by atoms with van der Waals surface area (Å²) in [5.41, 5.74) is 3.68. The van der Waals surface area contributed by atoms with Gasteiger partial charge in [-0.25, -0.2) is 0 Å². The number of carbonyl (C=O) groups is 2. The van der Waals surface area contributed by atoms with E-state index >= 15 is 0 Å². The second-order valence-corrected chi connectivity index (χ2v) is 6.49. The number of hydrogen-bond acceptors (Lipinski definition) is 2. The molecule has 2 aliphatic rings. The summed E-state index contributed by atoms with van der Waals surface area (Å²) in [7, 11) is 0. The fourth-order valence-corrected chi connectivity index (χ4v) is 3.82. The Hall–Kier alpha value is -2.74. The SMILES string of the molecule is O=C1C[C@@H]2/C(=C/c3ccccc3)C(=O)C[C@@H]2/C1=C/c1ccccc1. The second-order valence-electron chi connectivity index (χ2n) is 6.49. The number of benzene rings is 2. The summed E-state index contributed by atoms with van der Waals surface area (Å²) >= 11 is 0. The predicted molar refractivity (Wildman–Crippen MR) is 95.1 cm³/mol. The van der Waals surface area contributed by atoms with Gasteiger partial charge in [0.2, 0.25) is 0 Å². The van der Waals surface area contributed by atoms with Gasteiger partial charge in [0.1, 0.15) is 0 Å². The Morgan fingerprint density at radius 3 is 1.38 bits per heavy atom. The number of Topliss-reactive ketones (excluding diaryl/α,β-unsaturated/α-hetero) is 2. The zero-order valence-corrected chi connectivity index (χ0v) is 13.3. The van der Waals surface area contributed by atoms with Crippen molar-refractivity contribution in [1.82, 2.24) is 0 Å². The molecular formula is C22H18O2. The molecule has 0 heterocycles. The van der Waals surface area contributed by atoms with E-state index in [1.807, 2.05) is 72.8 Å². The molecule has 0 aliphatic heterocycles. The molecule has 0 radical (unpaired) electrons. The Labute approximate surface area is 141 Å². The lowest BCUT2D eigenvalue weighted by atomic mass is 9.93. The minimum atomic E-state index is 0.0418. The number of rotatable bonds is 2. The lowest BCUT2D eigenvalue weighted by Crippen LogP contribution is -2.03. The van der Waals surface area contributed by atoms with Crippen LogP contribution in [0.25, 0.3) is 12.2 Å². The van der Waals surface area contributed by atoms with Crippen molar-refractivity contribution in [2.75, 3.05) is 0 Å². The van der Waals surface area contributed by atoms with Crippen molar-refractivity contribution < 1.29 is 9.59 Å². The minimum Gasteiger partial charge on any atom is -0.295 e. The molecule has 2 aliphatic carbocycles. The maximum absolute atomic E-state index is 12.5. The number of hydrogen-bond donors (Lipinski definition) is 0. The van der Waals surface area contributed by atoms with Gasteiger partial charge in [0.05, 0.1) is 0 Å². The van der Waals surface area contributed by atoms with E-state index in [-0.39, 0.29) is 23.4 Å². The van der Waals surface area contributed by atoms with Crippen molar-refractivity contribution >= 4 is 23.7 Å². The van der Waals surface area contributed by atoms with E-state index in [2.05, 4.69) is 0 Å². The van der Waals surface area contributed by atoms with Gasteiger partial charge in [-0.15, -0.1) is 0 Å². The molecule has 0 unspecified atom stereocenters. The first kappa shape index (κ1) is 14.8. The van der Waals surface area contributed by atoms with Gasteiger partial charge in [0, 0.05) is 24.7 Å². The van der Waals surface area contributed by atoms with Crippen molar-refractivity contribution in [2.45, 2.75) is 12.8 Å². The Morgan fingerprint density at radius 2 is 1.00 bits per heavy atom. The average molecular weight is 314 g/mol. The summed E-state index contributed by atoms with van der Waals surface area (Å²) in [6.45, 7) is 0. The van der Waals surface area contributed by atoms with Crippen LogP contribution in [-0.2, 0) is 9.59 Å². The summed E-state index contributed by atoms with van der Waals surface area (Å²) in [4.78, 5) is 25.0. The highest BCUT2D eigenvalue weighted by atomic mass is 16.1. The van der Waals surface area contributed by atoms with E-state index in [0.717, 1.165) is 22.3 Å². The average Bonchev–Trinajstić information content (AvgIpc) is 3.06. The zero-order chi connectivity index (χ0) is 16.5. The highest BCUT2D eigenvalue weighted by molar-refractivity contribution is 6.11. The van der Waals surface area contributed by atoms with E-state index in [0.29, 0.717) is 12.8 Å². The maximum Gasteiger partial charge on any atom is 0.159 e. The summed E-state index contributed by atoms with van der Waals surface area (Å²) in [6, 6.07) is 19.7. The van der Waals surface area contributed by atoms with Crippen LogP contribution < -0.4 is 0 Å². The standard InChI is InChI=1S/C22H18O2/c23-21-14-18-17(19(21)11-15-7-3-1-4-8-15)13-22(24)20(18)12-16-9-5-2-6-10-16/h1-12,17-18H,13-14H2/b19-11-,20-12-/t17-,18-/m0/s1. The molecular weight excluding hydrogens is 296 g/mol. The molecule has 2 atom stereocenters. The van der Waals surface area contributed by atoms with E-state index in [4.69, 9.17) is 0 Å². The van der Waals surface area contributed by atoms with Crippen molar-refractivity contribution in [3.8, 4) is 0 Å². The summed E-state index contributed by atoms with van der Waals surface area (Å²) in [5, 5.41) is 0. The molecule has 0 N–H and O–H groups in total. The highest BCUT2D eigenvalue weighted by Gasteiger charge is 2.47. The molecule has 2 heteroatoms. The Kier molecular flexibility index (Phi) is 3.73. The van der Waals surface area contributed by atoms with Crippen molar-refractivity contribution in [2.24, 2.45) is 11.8 Å². The number of allylic oxidation sites excluding steroid dienone is 2. The topological polar surface area (TPSA) is 34.1 Å². The second kappa shape index (κ2) is 6.04. The van der Waals surface area contributed by atoms with Gasteiger partial charge in [-0.05, 0) is 34.4 Å². The molecule has 2 aromatic rings. The molecule has 0 amide bonds. The molecule has 0 bridgehead atoms. The number of ketones is 2. The van der Waals surface area contributed by atoms with E-state index < -0.39 is 0 Å². The molecule has 2 fully saturated rings. The molecule has 2 saturated carbocycles. The van der Waals surface area contributed by atoms with Gasteiger partial charge in [-0.2, -0.15) is 0 Å². The molecule has 24 heavy (non-hydrogen) atoms. The van der Waals surface area contributed by atoms with Crippen LogP contribution in [0.3, 0.4) is 0 Å². The van der Waals surface area contributed by atoms with Crippen LogP contribution in [0.15, 0.2) is 71.8 Å². The number of fused-ring (bicyclic) bond motifs is 1. The third-order valence-electron chi connectivity index (χ3n) is 4.98. The van der Waals surface area contributed by atoms with Crippen LogP contribution in [0, 0.1) is 11.8 Å². The highest BCUT2D eigenvalue weighted by Crippen LogP contribution is 2.48. The Balaban J connectivity index is 1.69. The van der Waals surface area contributed by atoms with Crippen molar-refractivity contribution in [3.05, 3.63) is 82.9 Å². The summed E-state index contributed by atoms with van der Waals surface area (Å²) in [5.74, 6) is 0.445. The Morgan fingerprint density at radius 1 is 0.625 bits per heavy atom. The van der Waals surface area contributed by atoms with Crippen LogP contribution in [0.1, 0.15) is 24.0 Å². The first-order valence-corrected chi connectivity index (χ1v) is 8.32. The third-order valence-corrected chi connectivity index (χ3v) is 4.98. The number of carbonyl (C=O) groups excluding carboxylic acids is 2. The van der Waals surface area contributed by atoms with Crippen LogP contribution in [0.4, 0.5) is 0 Å². The Bertz CT molecular complexity index is 771. The zero-order valence-electron chi connectivity index (χ0n) is 13.3. The predicted octanol–water partition coefficient (Wildman–Crippen LogP) is 4.33. The van der Waals surface area contributed by atoms with Gasteiger partial charge in [0.15, 0.2) is 11.6 Å². The van der Waals surface area contributed by atoms with Crippen LogP contribution in [0.2, 0.25) is 0 Å². The molecule has 118 valence electrons. The third kappa shape index (κ3) is 2.65. The minimum absolute atomic E-state index is 0.0418. The normalized spacial score (nSPS) is 26.3. The molecule has 0 saturated heterocycles. The van der Waals surface area contributed by atoms with Gasteiger partial charge < -0.3 is 0 Å². The first-order chi connectivity index (χ1) is 11.7. The monoisotopic (exact) mass is 314 g/mol.